The van der Waals surface area contributed by atoms with Crippen LogP contribution in [-0.4, -0.2) is 36.4 Å². The summed E-state index contributed by atoms with van der Waals surface area (Å²) in [6.45, 7) is -0.0252. The van der Waals surface area contributed by atoms with E-state index >= 15 is 0 Å². The number of nitrogen functional groups attached to an aromatic ring is 2. The van der Waals surface area contributed by atoms with Crippen molar-refractivity contribution in [2.24, 2.45) is 4.99 Å². The SMILES string of the molecule is COc1cc(C2N=C(NC#N)Nc3nc(N)c(C#N)c(N)c32)ccc1OCCO. The smallest absolute Gasteiger partial charge is 0.211 e. The van der Waals surface area contributed by atoms with E-state index in [0.29, 0.717) is 22.6 Å². The number of aliphatic hydroxyl groups excluding tert-OH is 1. The fourth-order valence-corrected chi connectivity index (χ4v) is 2.95. The number of fused-ring (bicyclic) bond motifs is 1. The second-order valence-electron chi connectivity index (χ2n) is 5.88. The maximum absolute atomic E-state index is 9.38. The van der Waals surface area contributed by atoms with E-state index in [1.165, 1.54) is 7.11 Å². The summed E-state index contributed by atoms with van der Waals surface area (Å²) < 4.78 is 10.8. The van der Waals surface area contributed by atoms with Crippen molar-refractivity contribution in [1.29, 1.82) is 10.5 Å². The Bertz CT molecular complexity index is 1050. The predicted octanol–water partition coefficient (Wildman–Crippen LogP) is 0.439. The largest absolute Gasteiger partial charge is 0.493 e. The number of aromatic nitrogens is 1. The first-order chi connectivity index (χ1) is 14.0. The van der Waals surface area contributed by atoms with Gasteiger partial charge in [-0.2, -0.15) is 10.5 Å². The van der Waals surface area contributed by atoms with Gasteiger partial charge in [0.1, 0.15) is 35.9 Å². The molecule has 29 heavy (non-hydrogen) atoms. The average Bonchev–Trinajstić information content (AvgIpc) is 2.72. The molecule has 0 spiro atoms. The van der Waals surface area contributed by atoms with Gasteiger partial charge in [-0.25, -0.2) is 9.98 Å². The van der Waals surface area contributed by atoms with Crippen molar-refractivity contribution in [3.05, 3.63) is 34.9 Å². The summed E-state index contributed by atoms with van der Waals surface area (Å²) in [6, 6.07) is 6.37. The number of pyridine rings is 1. The van der Waals surface area contributed by atoms with Crippen LogP contribution in [0.3, 0.4) is 0 Å². The lowest BCUT2D eigenvalue weighted by Crippen LogP contribution is -2.32. The number of nitrogens with two attached hydrogens (primary N) is 2. The second-order valence-corrected chi connectivity index (χ2v) is 5.88. The molecule has 0 fully saturated rings. The van der Waals surface area contributed by atoms with Crippen molar-refractivity contribution >= 4 is 23.3 Å². The fraction of sp³-hybridized carbons (Fsp3) is 0.222. The van der Waals surface area contributed by atoms with Crippen molar-refractivity contribution < 1.29 is 14.6 Å². The first-order valence-electron chi connectivity index (χ1n) is 8.44. The van der Waals surface area contributed by atoms with Crippen LogP contribution in [0.25, 0.3) is 0 Å². The highest BCUT2D eigenvalue weighted by atomic mass is 16.5. The molecule has 1 aliphatic rings. The Hall–Kier alpha value is -4.22. The van der Waals surface area contributed by atoms with Crippen LogP contribution in [0.4, 0.5) is 17.3 Å². The Labute approximate surface area is 166 Å². The van der Waals surface area contributed by atoms with E-state index in [2.05, 4.69) is 20.6 Å². The summed E-state index contributed by atoms with van der Waals surface area (Å²) in [5.74, 6) is 1.28. The maximum Gasteiger partial charge on any atom is 0.211 e. The van der Waals surface area contributed by atoms with Crippen molar-refractivity contribution in [2.45, 2.75) is 6.04 Å². The molecule has 0 saturated heterocycles. The molecule has 0 amide bonds. The van der Waals surface area contributed by atoms with Gasteiger partial charge in [-0.15, -0.1) is 0 Å². The molecule has 11 nitrogen and oxygen atoms in total. The predicted molar refractivity (Wildman–Crippen MR) is 105 cm³/mol. The van der Waals surface area contributed by atoms with Crippen LogP contribution < -0.4 is 31.6 Å². The molecule has 1 unspecified atom stereocenters. The maximum atomic E-state index is 9.38. The molecule has 11 heteroatoms. The van der Waals surface area contributed by atoms with Gasteiger partial charge in [0, 0.05) is 5.56 Å². The number of methoxy groups -OCH3 is 1. The number of ether oxygens (including phenoxy) is 2. The van der Waals surface area contributed by atoms with Gasteiger partial charge in [0.25, 0.3) is 0 Å². The molecule has 3 rings (SSSR count). The van der Waals surface area contributed by atoms with Gasteiger partial charge in [0.15, 0.2) is 17.7 Å². The monoisotopic (exact) mass is 394 g/mol. The molecular weight excluding hydrogens is 376 g/mol. The fourth-order valence-electron chi connectivity index (χ4n) is 2.95. The lowest BCUT2D eigenvalue weighted by atomic mass is 9.95. The van der Waals surface area contributed by atoms with Gasteiger partial charge in [0.05, 0.1) is 19.4 Å². The number of aliphatic hydroxyl groups is 1. The number of hydrogen-bond donors (Lipinski definition) is 5. The van der Waals surface area contributed by atoms with Gasteiger partial charge in [-0.05, 0) is 17.7 Å². The van der Waals surface area contributed by atoms with Gasteiger partial charge in [-0.1, -0.05) is 6.07 Å². The number of anilines is 3. The number of benzene rings is 1. The highest BCUT2D eigenvalue weighted by Crippen LogP contribution is 2.42. The van der Waals surface area contributed by atoms with Crippen LogP contribution in [0.15, 0.2) is 23.2 Å². The van der Waals surface area contributed by atoms with Gasteiger partial charge in [-0.3, -0.25) is 5.32 Å². The molecule has 0 bridgehead atoms. The minimum Gasteiger partial charge on any atom is -0.493 e. The van der Waals surface area contributed by atoms with E-state index in [9.17, 15) is 5.26 Å². The summed E-state index contributed by atoms with van der Waals surface area (Å²) in [6.07, 6.45) is 1.79. The van der Waals surface area contributed by atoms with E-state index < -0.39 is 6.04 Å². The quantitative estimate of drug-likeness (QED) is 0.351. The Kier molecular flexibility index (Phi) is 5.53. The number of rotatable bonds is 5. The number of hydrogen-bond acceptors (Lipinski definition) is 11. The molecule has 1 aromatic heterocycles. The Morgan fingerprint density at radius 1 is 1.31 bits per heavy atom. The molecule has 7 N–H and O–H groups in total. The van der Waals surface area contributed by atoms with Crippen molar-refractivity contribution in [3.63, 3.8) is 0 Å². The molecule has 2 aromatic rings. The molecule has 1 aliphatic heterocycles. The average molecular weight is 394 g/mol. The van der Waals surface area contributed by atoms with Crippen molar-refractivity contribution in [2.75, 3.05) is 37.1 Å². The Balaban J connectivity index is 2.16. The minimum absolute atomic E-state index is 0.0291. The number of nitrogens with zero attached hydrogens (tertiary/aromatic N) is 4. The number of nitriles is 2. The lowest BCUT2D eigenvalue weighted by molar-refractivity contribution is 0.196. The summed E-state index contributed by atoms with van der Waals surface area (Å²) in [4.78, 5) is 8.69. The van der Waals surface area contributed by atoms with E-state index in [-0.39, 0.29) is 42.1 Å². The third kappa shape index (κ3) is 3.63. The number of guanidine groups is 1. The molecule has 148 valence electrons. The lowest BCUT2D eigenvalue weighted by Gasteiger charge is -2.26. The van der Waals surface area contributed by atoms with Gasteiger partial charge < -0.3 is 31.4 Å². The first kappa shape index (κ1) is 19.5. The van der Waals surface area contributed by atoms with Crippen LogP contribution in [-0.2, 0) is 0 Å². The third-order valence-corrected chi connectivity index (χ3v) is 4.21. The summed E-state index contributed by atoms with van der Waals surface area (Å²) in [5.41, 5.74) is 13.3. The van der Waals surface area contributed by atoms with Gasteiger partial charge >= 0.3 is 0 Å². The highest BCUT2D eigenvalue weighted by Gasteiger charge is 2.30. The number of aliphatic imine (C=N–C) groups is 1. The summed E-state index contributed by atoms with van der Waals surface area (Å²) >= 11 is 0. The molecule has 1 atom stereocenters. The topological polar surface area (TPSA) is 188 Å². The van der Waals surface area contributed by atoms with Gasteiger partial charge in [0.2, 0.25) is 5.96 Å². The van der Waals surface area contributed by atoms with Crippen LogP contribution in [0.5, 0.6) is 11.5 Å². The Morgan fingerprint density at radius 3 is 2.76 bits per heavy atom. The molecule has 2 heterocycles. The van der Waals surface area contributed by atoms with E-state index in [1.807, 2.05) is 6.07 Å². The van der Waals surface area contributed by atoms with E-state index in [4.69, 9.17) is 31.3 Å². The minimum atomic E-state index is -0.692. The normalized spacial score (nSPS) is 14.5. The van der Waals surface area contributed by atoms with Crippen molar-refractivity contribution in [1.82, 2.24) is 10.3 Å². The number of nitrogens with one attached hydrogen (secondary N) is 2. The van der Waals surface area contributed by atoms with E-state index in [1.54, 1.807) is 24.4 Å². The zero-order valence-electron chi connectivity index (χ0n) is 15.4. The van der Waals surface area contributed by atoms with Crippen LogP contribution >= 0.6 is 0 Å². The van der Waals surface area contributed by atoms with E-state index in [0.717, 1.165) is 0 Å². The van der Waals surface area contributed by atoms with Crippen molar-refractivity contribution in [3.8, 4) is 23.8 Å². The Morgan fingerprint density at radius 2 is 2.10 bits per heavy atom. The first-order valence-corrected chi connectivity index (χ1v) is 8.44. The third-order valence-electron chi connectivity index (χ3n) is 4.21. The molecule has 1 aromatic carbocycles. The summed E-state index contributed by atoms with van der Waals surface area (Å²) in [7, 11) is 1.48. The van der Waals surface area contributed by atoms with Crippen LogP contribution in [0, 0.1) is 22.8 Å². The second kappa shape index (κ2) is 8.21. The molecule has 0 radical (unpaired) electrons. The standard InChI is InChI=1S/C18H18N8O3/c1-28-12-6-9(2-3-11(12)29-5-4-27)15-13-14(21)10(7-19)16(22)25-17(13)26-18(24-15)23-8-20/h2-3,6,15,27H,4-5H2,1H3,(H6,21,22,23,24,25,26). The zero-order valence-corrected chi connectivity index (χ0v) is 15.4. The molecule has 0 saturated carbocycles. The van der Waals surface area contributed by atoms with Crippen LogP contribution in [0.1, 0.15) is 22.7 Å². The molecule has 0 aliphatic carbocycles. The van der Waals surface area contributed by atoms with Crippen LogP contribution in [0.2, 0.25) is 0 Å². The zero-order chi connectivity index (χ0) is 21.0. The summed E-state index contributed by atoms with van der Waals surface area (Å²) in [5, 5.41) is 32.6. The molecular formula is C18H18N8O3. The highest BCUT2D eigenvalue weighted by molar-refractivity contribution is 5.98.